The van der Waals surface area contributed by atoms with Crippen LogP contribution < -0.4 is 5.73 Å². The number of hydrogen-bond acceptors (Lipinski definition) is 3. The second-order valence-corrected chi connectivity index (χ2v) is 6.93. The van der Waals surface area contributed by atoms with Gasteiger partial charge in [-0.15, -0.1) is 0 Å². The van der Waals surface area contributed by atoms with Crippen molar-refractivity contribution in [1.29, 1.82) is 0 Å². The molecule has 6 heteroatoms. The Kier molecular flexibility index (Phi) is 4.78. The third kappa shape index (κ3) is 2.73. The molecule has 1 aromatic carbocycles. The highest BCUT2D eigenvalue weighted by molar-refractivity contribution is 7.89. The van der Waals surface area contributed by atoms with Gasteiger partial charge in [-0.2, -0.15) is 4.31 Å². The molecule has 0 bridgehead atoms. The molecule has 20 heavy (non-hydrogen) atoms. The minimum absolute atomic E-state index is 0.00810. The first-order chi connectivity index (χ1) is 9.52. The van der Waals surface area contributed by atoms with E-state index in [1.807, 2.05) is 6.92 Å². The Morgan fingerprint density at radius 3 is 2.55 bits per heavy atom. The smallest absolute Gasteiger partial charge is 0.243 e. The molecule has 0 radical (unpaired) electrons. The van der Waals surface area contributed by atoms with E-state index in [1.54, 1.807) is 0 Å². The molecule has 0 aromatic heterocycles. The van der Waals surface area contributed by atoms with Crippen molar-refractivity contribution in [2.45, 2.75) is 50.1 Å². The molecule has 112 valence electrons. The summed E-state index contributed by atoms with van der Waals surface area (Å²) in [5.74, 6) is -0.559. The molecular formula is C14H21FN2O2S. The van der Waals surface area contributed by atoms with Crippen molar-refractivity contribution in [3.8, 4) is 0 Å². The Morgan fingerprint density at radius 1 is 1.35 bits per heavy atom. The topological polar surface area (TPSA) is 63.4 Å². The van der Waals surface area contributed by atoms with Crippen molar-refractivity contribution in [2.75, 3.05) is 6.54 Å². The number of halogens is 1. The molecule has 0 unspecified atom stereocenters. The lowest BCUT2D eigenvalue weighted by Crippen LogP contribution is -2.39. The number of nitrogens with two attached hydrogens (primary N) is 1. The van der Waals surface area contributed by atoms with E-state index in [0.29, 0.717) is 6.54 Å². The number of benzene rings is 1. The first-order valence-corrected chi connectivity index (χ1v) is 8.45. The second kappa shape index (κ2) is 6.20. The summed E-state index contributed by atoms with van der Waals surface area (Å²) >= 11 is 0. The molecule has 0 spiro atoms. The van der Waals surface area contributed by atoms with Crippen LogP contribution in [-0.4, -0.2) is 25.3 Å². The molecule has 2 rings (SSSR count). The summed E-state index contributed by atoms with van der Waals surface area (Å²) < 4.78 is 40.8. The molecule has 1 saturated carbocycles. The van der Waals surface area contributed by atoms with E-state index in [2.05, 4.69) is 0 Å². The van der Waals surface area contributed by atoms with Crippen LogP contribution in [0.3, 0.4) is 0 Å². The van der Waals surface area contributed by atoms with E-state index >= 15 is 0 Å². The summed E-state index contributed by atoms with van der Waals surface area (Å²) in [4.78, 5) is 0.00810. The van der Waals surface area contributed by atoms with Crippen molar-refractivity contribution < 1.29 is 12.8 Å². The molecular weight excluding hydrogens is 279 g/mol. The average Bonchev–Trinajstić information content (AvgIpc) is 2.92. The van der Waals surface area contributed by atoms with E-state index in [9.17, 15) is 12.8 Å². The van der Waals surface area contributed by atoms with Gasteiger partial charge in [0, 0.05) is 24.7 Å². The maximum Gasteiger partial charge on any atom is 0.243 e. The fraction of sp³-hybridized carbons (Fsp3) is 0.571. The predicted molar refractivity (Wildman–Crippen MR) is 76.1 cm³/mol. The largest absolute Gasteiger partial charge is 0.326 e. The molecule has 0 atom stereocenters. The maximum atomic E-state index is 13.8. The highest BCUT2D eigenvalue weighted by Crippen LogP contribution is 2.30. The third-order valence-corrected chi connectivity index (χ3v) is 6.02. The Balaban J connectivity index is 2.45. The Morgan fingerprint density at radius 2 is 2.00 bits per heavy atom. The second-order valence-electron chi connectivity index (χ2n) is 5.07. The molecule has 0 amide bonds. The minimum Gasteiger partial charge on any atom is -0.326 e. The number of nitrogens with zero attached hydrogens (tertiary/aromatic N) is 1. The van der Waals surface area contributed by atoms with Crippen molar-refractivity contribution >= 4 is 10.0 Å². The molecule has 4 nitrogen and oxygen atoms in total. The van der Waals surface area contributed by atoms with Gasteiger partial charge in [-0.1, -0.05) is 25.8 Å². The predicted octanol–water partition coefficient (Wildman–Crippen LogP) is 2.24. The van der Waals surface area contributed by atoms with Gasteiger partial charge in [0.05, 0.1) is 4.90 Å². The van der Waals surface area contributed by atoms with Crippen LogP contribution in [0, 0.1) is 5.82 Å². The van der Waals surface area contributed by atoms with E-state index in [4.69, 9.17) is 5.73 Å². The zero-order valence-electron chi connectivity index (χ0n) is 11.7. The van der Waals surface area contributed by atoms with E-state index in [-0.39, 0.29) is 23.0 Å². The lowest BCUT2D eigenvalue weighted by atomic mass is 10.2. The van der Waals surface area contributed by atoms with Gasteiger partial charge in [0.25, 0.3) is 0 Å². The van der Waals surface area contributed by atoms with Crippen LogP contribution in [0.4, 0.5) is 4.39 Å². The molecule has 0 saturated heterocycles. The van der Waals surface area contributed by atoms with Gasteiger partial charge in [0.2, 0.25) is 10.0 Å². The molecule has 1 aliphatic rings. The normalized spacial score (nSPS) is 17.0. The van der Waals surface area contributed by atoms with Gasteiger partial charge in [-0.3, -0.25) is 0 Å². The van der Waals surface area contributed by atoms with Crippen LogP contribution in [0.15, 0.2) is 23.1 Å². The van der Waals surface area contributed by atoms with Crippen LogP contribution in [0.25, 0.3) is 0 Å². The fourth-order valence-electron chi connectivity index (χ4n) is 2.92. The fourth-order valence-corrected chi connectivity index (χ4v) is 4.86. The lowest BCUT2D eigenvalue weighted by molar-refractivity contribution is 0.335. The number of sulfonamides is 1. The summed E-state index contributed by atoms with van der Waals surface area (Å²) in [7, 11) is -3.69. The van der Waals surface area contributed by atoms with Gasteiger partial charge in [-0.25, -0.2) is 12.8 Å². The maximum absolute atomic E-state index is 13.8. The van der Waals surface area contributed by atoms with Crippen LogP contribution in [0.1, 0.15) is 38.2 Å². The van der Waals surface area contributed by atoms with Gasteiger partial charge in [-0.05, 0) is 25.0 Å². The zero-order chi connectivity index (χ0) is 14.8. The Labute approximate surface area is 119 Å². The van der Waals surface area contributed by atoms with Gasteiger partial charge in [0.15, 0.2) is 0 Å². The minimum atomic E-state index is -3.69. The highest BCUT2D eigenvalue weighted by Gasteiger charge is 2.33. The van der Waals surface area contributed by atoms with Crippen molar-refractivity contribution in [2.24, 2.45) is 5.73 Å². The molecule has 0 aliphatic heterocycles. The van der Waals surface area contributed by atoms with Crippen molar-refractivity contribution in [1.82, 2.24) is 4.31 Å². The molecule has 0 heterocycles. The number of hydrogen-bond donors (Lipinski definition) is 1. The van der Waals surface area contributed by atoms with E-state index in [1.165, 1.54) is 22.5 Å². The van der Waals surface area contributed by atoms with Gasteiger partial charge < -0.3 is 5.73 Å². The molecule has 2 N–H and O–H groups in total. The van der Waals surface area contributed by atoms with Gasteiger partial charge >= 0.3 is 0 Å². The van der Waals surface area contributed by atoms with Crippen LogP contribution in [0.5, 0.6) is 0 Å². The van der Waals surface area contributed by atoms with Crippen LogP contribution in [0.2, 0.25) is 0 Å². The average molecular weight is 300 g/mol. The lowest BCUT2D eigenvalue weighted by Gasteiger charge is -2.27. The summed E-state index contributed by atoms with van der Waals surface area (Å²) in [6.45, 7) is 2.09. The van der Waals surface area contributed by atoms with Crippen molar-refractivity contribution in [3.05, 3.63) is 29.6 Å². The Hall–Kier alpha value is -0.980. The summed E-state index contributed by atoms with van der Waals surface area (Å²) in [6.07, 6.45) is 3.84. The van der Waals surface area contributed by atoms with Gasteiger partial charge in [0.1, 0.15) is 5.82 Å². The first kappa shape index (κ1) is 15.4. The third-order valence-electron chi connectivity index (χ3n) is 3.91. The van der Waals surface area contributed by atoms with Crippen LogP contribution >= 0.6 is 0 Å². The van der Waals surface area contributed by atoms with Crippen LogP contribution in [-0.2, 0) is 16.6 Å². The quantitative estimate of drug-likeness (QED) is 0.907. The first-order valence-electron chi connectivity index (χ1n) is 7.01. The highest BCUT2D eigenvalue weighted by atomic mass is 32.2. The van der Waals surface area contributed by atoms with Crippen molar-refractivity contribution in [3.63, 3.8) is 0 Å². The zero-order valence-corrected chi connectivity index (χ0v) is 12.5. The van der Waals surface area contributed by atoms with E-state index < -0.39 is 15.8 Å². The molecule has 1 fully saturated rings. The van der Waals surface area contributed by atoms with E-state index in [0.717, 1.165) is 25.7 Å². The summed E-state index contributed by atoms with van der Waals surface area (Å²) in [6, 6.07) is 4.13. The molecule has 1 aromatic rings. The number of rotatable bonds is 5. The standard InChI is InChI=1S/C14H21FN2O2S/c1-2-17(11-6-3-4-7-11)20(18,19)14-9-5-8-13(15)12(14)10-16/h5,8-9,11H,2-4,6-7,10,16H2,1H3. The molecule has 1 aliphatic carbocycles. The Bertz CT molecular complexity index is 569. The summed E-state index contributed by atoms with van der Waals surface area (Å²) in [5, 5.41) is 0. The SMILES string of the molecule is CCN(C1CCCC1)S(=O)(=O)c1cccc(F)c1CN. The summed E-state index contributed by atoms with van der Waals surface area (Å²) in [5.41, 5.74) is 5.59. The monoisotopic (exact) mass is 300 g/mol.